The van der Waals surface area contributed by atoms with Crippen molar-refractivity contribution in [3.63, 3.8) is 0 Å². The third-order valence-electron chi connectivity index (χ3n) is 5.32. The number of para-hydroxylation sites is 2. The lowest BCUT2D eigenvalue weighted by atomic mass is 9.90. The molecule has 4 aromatic rings. The Balaban J connectivity index is 1.27. The second-order valence-corrected chi connectivity index (χ2v) is 9.89. The van der Waals surface area contributed by atoms with Crippen molar-refractivity contribution in [1.82, 2.24) is 25.1 Å². The van der Waals surface area contributed by atoms with Crippen LogP contribution >= 0.6 is 23.1 Å². The van der Waals surface area contributed by atoms with Gasteiger partial charge in [0, 0.05) is 4.88 Å². The van der Waals surface area contributed by atoms with Gasteiger partial charge >= 0.3 is 0 Å². The van der Waals surface area contributed by atoms with Crippen molar-refractivity contribution in [2.75, 3.05) is 18.2 Å². The molecule has 3 N–H and O–H groups in total. The summed E-state index contributed by atoms with van der Waals surface area (Å²) in [6, 6.07) is 9.69. The Hall–Kier alpha value is -3.18. The fourth-order valence-corrected chi connectivity index (χ4v) is 5.48. The Morgan fingerprint density at radius 2 is 2.12 bits per heavy atom. The van der Waals surface area contributed by atoms with E-state index in [0.717, 1.165) is 29.3 Å². The molecule has 11 heteroatoms. The van der Waals surface area contributed by atoms with Gasteiger partial charge in [-0.15, -0.1) is 21.5 Å². The van der Waals surface area contributed by atoms with Crippen LogP contribution in [-0.2, 0) is 18.6 Å². The highest BCUT2D eigenvalue weighted by atomic mass is 32.2. The van der Waals surface area contributed by atoms with Gasteiger partial charge in [0.1, 0.15) is 11.6 Å². The van der Waals surface area contributed by atoms with Gasteiger partial charge in [0.15, 0.2) is 0 Å². The van der Waals surface area contributed by atoms with Crippen molar-refractivity contribution in [3.8, 4) is 16.5 Å². The zero-order valence-electron chi connectivity index (χ0n) is 18.2. The van der Waals surface area contributed by atoms with Crippen molar-refractivity contribution in [3.05, 3.63) is 46.6 Å². The number of benzene rings is 1. The number of methoxy groups -OCH3 is 1. The molecule has 1 atom stereocenters. The molecule has 0 fully saturated rings. The van der Waals surface area contributed by atoms with Gasteiger partial charge in [-0.05, 0) is 48.9 Å². The number of nitrogen functional groups attached to an aromatic ring is 1. The van der Waals surface area contributed by atoms with Gasteiger partial charge in [-0.2, -0.15) is 15.0 Å². The molecule has 1 aromatic carbocycles. The number of aryl methyl sites for hydroxylation is 1. The summed E-state index contributed by atoms with van der Waals surface area (Å²) in [5.41, 5.74) is 8.05. The van der Waals surface area contributed by atoms with E-state index in [1.54, 1.807) is 18.4 Å². The number of thiophene rings is 1. The summed E-state index contributed by atoms with van der Waals surface area (Å²) >= 11 is 3.11. The van der Waals surface area contributed by atoms with E-state index >= 15 is 0 Å². The fourth-order valence-electron chi connectivity index (χ4n) is 3.73. The molecule has 1 aliphatic carbocycles. The highest BCUT2D eigenvalue weighted by Crippen LogP contribution is 2.37. The van der Waals surface area contributed by atoms with Gasteiger partial charge in [-0.25, -0.2) is 0 Å². The molecule has 3 aromatic heterocycles. The number of hydrogen-bond donors (Lipinski definition) is 2. The first-order valence-electron chi connectivity index (χ1n) is 10.6. The highest BCUT2D eigenvalue weighted by molar-refractivity contribution is 7.98. The van der Waals surface area contributed by atoms with Crippen LogP contribution in [0.3, 0.4) is 0 Å². The van der Waals surface area contributed by atoms with Gasteiger partial charge in [-0.3, -0.25) is 0 Å². The Morgan fingerprint density at radius 1 is 1.24 bits per heavy atom. The molecule has 0 aliphatic heterocycles. The maximum atomic E-state index is 5.90. The van der Waals surface area contributed by atoms with Gasteiger partial charge in [0.25, 0.3) is 11.1 Å². The minimum Gasteiger partial charge on any atom is -0.495 e. The van der Waals surface area contributed by atoms with Crippen LogP contribution in [0.1, 0.15) is 29.6 Å². The molecule has 0 saturated carbocycles. The van der Waals surface area contributed by atoms with Crippen molar-refractivity contribution >= 4 is 40.7 Å². The molecule has 170 valence electrons. The van der Waals surface area contributed by atoms with E-state index < -0.39 is 0 Å². The zero-order valence-corrected chi connectivity index (χ0v) is 19.9. The van der Waals surface area contributed by atoms with Gasteiger partial charge in [0.05, 0.1) is 23.4 Å². The molecule has 0 unspecified atom stereocenters. The molecule has 1 aliphatic rings. The monoisotopic (exact) mass is 481 g/mol. The maximum Gasteiger partial charge on any atom is 0.277 e. The molecule has 0 spiro atoms. The number of hydrogen-bond acceptors (Lipinski definition) is 11. The Kier molecular flexibility index (Phi) is 6.14. The minimum atomic E-state index is 0.127. The van der Waals surface area contributed by atoms with E-state index in [1.165, 1.54) is 28.6 Å². The average Bonchev–Trinajstić information content (AvgIpc) is 3.44. The predicted molar refractivity (Wildman–Crippen MR) is 129 cm³/mol. The normalized spacial score (nSPS) is 15.3. The Morgan fingerprint density at radius 3 is 3.00 bits per heavy atom. The molecule has 0 bridgehead atoms. The van der Waals surface area contributed by atoms with E-state index in [4.69, 9.17) is 14.9 Å². The highest BCUT2D eigenvalue weighted by Gasteiger charge is 2.21. The van der Waals surface area contributed by atoms with Crippen LogP contribution in [0.4, 0.5) is 17.6 Å². The van der Waals surface area contributed by atoms with E-state index in [1.807, 2.05) is 24.3 Å². The first-order chi connectivity index (χ1) is 16.1. The standard InChI is InChI=1S/C22H23N7O2S2/c1-12-7-8-16-13(9-12)10-17(33-16)19-28-29-22(31-19)32-11-18-25-20(23)27-21(26-18)24-14-5-3-4-6-15(14)30-2/h3-6,10,12H,7-9,11H2,1-2H3,(H3,23,24,25,26,27)/t12-/m1/s1. The lowest BCUT2D eigenvalue weighted by molar-refractivity contribution is 0.417. The molecule has 9 nitrogen and oxygen atoms in total. The molecular formula is C22H23N7O2S2. The van der Waals surface area contributed by atoms with E-state index in [2.05, 4.69) is 43.5 Å². The summed E-state index contributed by atoms with van der Waals surface area (Å²) < 4.78 is 11.3. The number of ether oxygens (including phenoxy) is 1. The van der Waals surface area contributed by atoms with Crippen LogP contribution in [0.15, 0.2) is 40.0 Å². The molecule has 0 saturated heterocycles. The van der Waals surface area contributed by atoms with E-state index in [9.17, 15) is 0 Å². The minimum absolute atomic E-state index is 0.127. The summed E-state index contributed by atoms with van der Waals surface area (Å²) in [6.07, 6.45) is 3.48. The van der Waals surface area contributed by atoms with Crippen LogP contribution < -0.4 is 15.8 Å². The van der Waals surface area contributed by atoms with Crippen LogP contribution in [0.5, 0.6) is 5.75 Å². The number of rotatable bonds is 7. The lowest BCUT2D eigenvalue weighted by Gasteiger charge is -2.16. The summed E-state index contributed by atoms with van der Waals surface area (Å²) in [7, 11) is 1.61. The van der Waals surface area contributed by atoms with Crippen molar-refractivity contribution < 1.29 is 9.15 Å². The van der Waals surface area contributed by atoms with E-state index in [0.29, 0.717) is 34.4 Å². The van der Waals surface area contributed by atoms with Crippen LogP contribution in [0.25, 0.3) is 10.8 Å². The van der Waals surface area contributed by atoms with Crippen LogP contribution in [0.2, 0.25) is 0 Å². The topological polar surface area (TPSA) is 125 Å². The van der Waals surface area contributed by atoms with Crippen molar-refractivity contribution in [2.24, 2.45) is 5.92 Å². The smallest absolute Gasteiger partial charge is 0.277 e. The van der Waals surface area contributed by atoms with Crippen molar-refractivity contribution in [2.45, 2.75) is 37.2 Å². The Labute approximate surface area is 199 Å². The summed E-state index contributed by atoms with van der Waals surface area (Å²) in [5.74, 6) is 3.34. The lowest BCUT2D eigenvalue weighted by Crippen LogP contribution is -2.07. The van der Waals surface area contributed by atoms with E-state index in [-0.39, 0.29) is 5.95 Å². The number of nitrogens with two attached hydrogens (primary N) is 1. The molecular weight excluding hydrogens is 458 g/mol. The number of nitrogens with zero attached hydrogens (tertiary/aromatic N) is 5. The zero-order chi connectivity index (χ0) is 22.8. The number of aromatic nitrogens is 5. The summed E-state index contributed by atoms with van der Waals surface area (Å²) in [4.78, 5) is 15.3. The first kappa shape index (κ1) is 21.7. The predicted octanol–water partition coefficient (Wildman–Crippen LogP) is 4.73. The molecule has 3 heterocycles. The summed E-state index contributed by atoms with van der Waals surface area (Å²) in [5, 5.41) is 12.0. The van der Waals surface area contributed by atoms with Gasteiger partial charge in [-0.1, -0.05) is 30.8 Å². The molecule has 0 radical (unpaired) electrons. The second-order valence-electron chi connectivity index (χ2n) is 7.83. The maximum absolute atomic E-state index is 5.90. The van der Waals surface area contributed by atoms with Gasteiger partial charge < -0.3 is 20.2 Å². The summed E-state index contributed by atoms with van der Waals surface area (Å²) in [6.45, 7) is 2.30. The molecule has 5 rings (SSSR count). The molecule has 33 heavy (non-hydrogen) atoms. The fraction of sp³-hybridized carbons (Fsp3) is 0.318. The number of anilines is 3. The van der Waals surface area contributed by atoms with Crippen LogP contribution in [0, 0.1) is 5.92 Å². The average molecular weight is 482 g/mol. The molecule has 0 amide bonds. The van der Waals surface area contributed by atoms with Gasteiger partial charge in [0.2, 0.25) is 11.9 Å². The van der Waals surface area contributed by atoms with Crippen LogP contribution in [-0.4, -0.2) is 32.3 Å². The first-order valence-corrected chi connectivity index (χ1v) is 12.4. The third kappa shape index (κ3) is 4.93. The third-order valence-corrected chi connectivity index (χ3v) is 7.36. The SMILES string of the molecule is COc1ccccc1Nc1nc(N)nc(CSc2nnc(-c3cc4c(s3)CC[C@@H](C)C4)o2)n1. The largest absolute Gasteiger partial charge is 0.495 e. The van der Waals surface area contributed by atoms with Crippen molar-refractivity contribution in [1.29, 1.82) is 0 Å². The quantitative estimate of drug-likeness (QED) is 0.358. The second kappa shape index (κ2) is 9.36. The Bertz CT molecular complexity index is 1270. The number of fused-ring (bicyclic) bond motifs is 1. The number of thioether (sulfide) groups is 1. The number of nitrogens with one attached hydrogen (secondary N) is 1.